The Morgan fingerprint density at radius 2 is 2.11 bits per heavy atom. The minimum absolute atomic E-state index is 0.482. The van der Waals surface area contributed by atoms with E-state index in [-0.39, 0.29) is 0 Å². The highest BCUT2D eigenvalue weighted by atomic mass is 16.5. The molecule has 2 aliphatic rings. The van der Waals surface area contributed by atoms with Crippen LogP contribution in [0.2, 0.25) is 0 Å². The number of ether oxygens (including phenoxy) is 1. The number of nitrogens with one attached hydrogen (secondary N) is 1. The number of likely N-dealkylation sites (N-methyl/N-ethyl adjacent to an activating group) is 1. The van der Waals surface area contributed by atoms with E-state index in [1.54, 1.807) is 0 Å². The zero-order valence-corrected chi connectivity index (χ0v) is 12.2. The Bertz CT molecular complexity index is 225. The maximum absolute atomic E-state index is 5.81. The van der Waals surface area contributed by atoms with Gasteiger partial charge in [0.25, 0.3) is 0 Å². The molecule has 0 aromatic heterocycles. The Balaban J connectivity index is 1.53. The van der Waals surface area contributed by atoms with Gasteiger partial charge in [-0.25, -0.2) is 0 Å². The lowest BCUT2D eigenvalue weighted by atomic mass is 10.1. The van der Waals surface area contributed by atoms with Crippen molar-refractivity contribution in [1.29, 1.82) is 0 Å². The summed E-state index contributed by atoms with van der Waals surface area (Å²) in [5.41, 5.74) is 0. The van der Waals surface area contributed by atoms with Crippen LogP contribution in [0.15, 0.2) is 0 Å². The predicted molar refractivity (Wildman–Crippen MR) is 75.9 cm³/mol. The summed E-state index contributed by atoms with van der Waals surface area (Å²) in [6.45, 7) is 5.62. The van der Waals surface area contributed by atoms with Gasteiger partial charge in [0.15, 0.2) is 0 Å². The molecule has 0 spiro atoms. The molecule has 3 nitrogen and oxygen atoms in total. The van der Waals surface area contributed by atoms with E-state index in [4.69, 9.17) is 4.74 Å². The first-order valence-electron chi connectivity index (χ1n) is 7.81. The third kappa shape index (κ3) is 5.25. The molecular formula is C15H30N2O. The summed E-state index contributed by atoms with van der Waals surface area (Å²) in [6.07, 6.45) is 9.72. The molecule has 3 heteroatoms. The second kappa shape index (κ2) is 7.46. The zero-order valence-electron chi connectivity index (χ0n) is 12.2. The van der Waals surface area contributed by atoms with Gasteiger partial charge in [0.2, 0.25) is 0 Å². The second-order valence-electron chi connectivity index (χ2n) is 6.15. The molecule has 2 unspecified atom stereocenters. The van der Waals surface area contributed by atoms with E-state index in [0.29, 0.717) is 12.1 Å². The first-order chi connectivity index (χ1) is 8.75. The minimum atomic E-state index is 0.482. The molecule has 1 saturated carbocycles. The molecule has 1 aliphatic carbocycles. The molecule has 0 aromatic carbocycles. The largest absolute Gasteiger partial charge is 0.377 e. The Labute approximate surface area is 112 Å². The Morgan fingerprint density at radius 1 is 1.28 bits per heavy atom. The Hall–Kier alpha value is -0.120. The van der Waals surface area contributed by atoms with Crippen molar-refractivity contribution in [3.8, 4) is 0 Å². The highest BCUT2D eigenvalue weighted by molar-refractivity contribution is 4.80. The first-order valence-corrected chi connectivity index (χ1v) is 7.81. The number of nitrogens with zero attached hydrogens (tertiary/aromatic N) is 1. The van der Waals surface area contributed by atoms with Gasteiger partial charge in [-0.15, -0.1) is 0 Å². The summed E-state index contributed by atoms with van der Waals surface area (Å²) < 4.78 is 5.81. The van der Waals surface area contributed by atoms with Gasteiger partial charge in [0.05, 0.1) is 6.10 Å². The van der Waals surface area contributed by atoms with Gasteiger partial charge in [0, 0.05) is 25.2 Å². The number of hydrogen-bond acceptors (Lipinski definition) is 3. The van der Waals surface area contributed by atoms with Crippen molar-refractivity contribution in [3.05, 3.63) is 0 Å². The van der Waals surface area contributed by atoms with E-state index in [1.807, 2.05) is 0 Å². The molecule has 2 fully saturated rings. The van der Waals surface area contributed by atoms with Crippen LogP contribution < -0.4 is 5.32 Å². The molecule has 1 aliphatic heterocycles. The van der Waals surface area contributed by atoms with Crippen LogP contribution in [0.3, 0.4) is 0 Å². The van der Waals surface area contributed by atoms with Crippen LogP contribution in [0.4, 0.5) is 0 Å². The van der Waals surface area contributed by atoms with E-state index < -0.39 is 0 Å². The molecule has 1 saturated heterocycles. The second-order valence-corrected chi connectivity index (χ2v) is 6.15. The summed E-state index contributed by atoms with van der Waals surface area (Å²) in [7, 11) is 2.25. The van der Waals surface area contributed by atoms with Crippen LogP contribution in [-0.2, 0) is 4.74 Å². The van der Waals surface area contributed by atoms with Crippen LogP contribution in [-0.4, -0.2) is 49.8 Å². The molecule has 1 N–H and O–H groups in total. The lowest BCUT2D eigenvalue weighted by molar-refractivity contribution is -0.00757. The smallest absolute Gasteiger partial charge is 0.0702 e. The van der Waals surface area contributed by atoms with Gasteiger partial charge >= 0.3 is 0 Å². The van der Waals surface area contributed by atoms with Gasteiger partial charge in [0.1, 0.15) is 0 Å². The molecule has 0 aromatic rings. The molecule has 106 valence electrons. The highest BCUT2D eigenvalue weighted by Gasteiger charge is 2.20. The predicted octanol–water partition coefficient (Wildman–Crippen LogP) is 2.41. The fourth-order valence-electron chi connectivity index (χ4n) is 2.66. The van der Waals surface area contributed by atoms with Crippen LogP contribution in [0.25, 0.3) is 0 Å². The fraction of sp³-hybridized carbons (Fsp3) is 1.00. The normalized spacial score (nSPS) is 26.5. The lowest BCUT2D eigenvalue weighted by Gasteiger charge is -2.31. The van der Waals surface area contributed by atoms with Crippen molar-refractivity contribution in [2.45, 2.75) is 70.1 Å². The SMILES string of the molecule is CC(CCCNC1CC1)N(C)CC1CCCCO1. The Kier molecular flexibility index (Phi) is 5.93. The molecule has 2 atom stereocenters. The average molecular weight is 254 g/mol. The molecule has 2 rings (SSSR count). The van der Waals surface area contributed by atoms with Gasteiger partial charge in [-0.2, -0.15) is 0 Å². The van der Waals surface area contributed by atoms with Gasteiger partial charge < -0.3 is 15.0 Å². The summed E-state index contributed by atoms with van der Waals surface area (Å²) in [5.74, 6) is 0. The number of rotatable bonds is 8. The molecular weight excluding hydrogens is 224 g/mol. The van der Waals surface area contributed by atoms with Crippen molar-refractivity contribution in [3.63, 3.8) is 0 Å². The van der Waals surface area contributed by atoms with E-state index in [0.717, 1.165) is 19.2 Å². The van der Waals surface area contributed by atoms with Crippen molar-refractivity contribution in [2.75, 3.05) is 26.7 Å². The first kappa shape index (κ1) is 14.3. The summed E-state index contributed by atoms with van der Waals surface area (Å²) in [4.78, 5) is 2.48. The van der Waals surface area contributed by atoms with Crippen molar-refractivity contribution in [2.24, 2.45) is 0 Å². The zero-order chi connectivity index (χ0) is 12.8. The minimum Gasteiger partial charge on any atom is -0.377 e. The molecule has 0 amide bonds. The Morgan fingerprint density at radius 3 is 2.78 bits per heavy atom. The standard InChI is InChI=1S/C15H30N2O/c1-13(6-5-10-16-14-8-9-14)17(2)12-15-7-3-4-11-18-15/h13-16H,3-12H2,1-2H3. The topological polar surface area (TPSA) is 24.5 Å². The lowest BCUT2D eigenvalue weighted by Crippen LogP contribution is -2.38. The van der Waals surface area contributed by atoms with E-state index in [2.05, 4.69) is 24.2 Å². The number of hydrogen-bond donors (Lipinski definition) is 1. The average Bonchev–Trinajstić information content (AvgIpc) is 3.19. The van der Waals surface area contributed by atoms with Crippen LogP contribution in [0.5, 0.6) is 0 Å². The quantitative estimate of drug-likeness (QED) is 0.673. The van der Waals surface area contributed by atoms with Crippen molar-refractivity contribution >= 4 is 0 Å². The molecule has 1 heterocycles. The third-order valence-electron chi connectivity index (χ3n) is 4.33. The van der Waals surface area contributed by atoms with Gasteiger partial charge in [-0.1, -0.05) is 0 Å². The summed E-state index contributed by atoms with van der Waals surface area (Å²) in [5, 5.41) is 3.59. The van der Waals surface area contributed by atoms with E-state index in [1.165, 1.54) is 51.5 Å². The van der Waals surface area contributed by atoms with Gasteiger partial charge in [-0.3, -0.25) is 0 Å². The summed E-state index contributed by atoms with van der Waals surface area (Å²) >= 11 is 0. The van der Waals surface area contributed by atoms with Gasteiger partial charge in [-0.05, 0) is 65.5 Å². The van der Waals surface area contributed by atoms with Crippen LogP contribution in [0.1, 0.15) is 51.9 Å². The van der Waals surface area contributed by atoms with Crippen molar-refractivity contribution < 1.29 is 4.74 Å². The van der Waals surface area contributed by atoms with Crippen LogP contribution >= 0.6 is 0 Å². The maximum atomic E-state index is 5.81. The third-order valence-corrected chi connectivity index (χ3v) is 4.33. The van der Waals surface area contributed by atoms with Crippen molar-refractivity contribution in [1.82, 2.24) is 10.2 Å². The maximum Gasteiger partial charge on any atom is 0.0702 e. The van der Waals surface area contributed by atoms with E-state index >= 15 is 0 Å². The molecule has 0 bridgehead atoms. The summed E-state index contributed by atoms with van der Waals surface area (Å²) in [6, 6.07) is 1.53. The van der Waals surface area contributed by atoms with Crippen LogP contribution in [0, 0.1) is 0 Å². The highest BCUT2D eigenvalue weighted by Crippen LogP contribution is 2.19. The molecule has 18 heavy (non-hydrogen) atoms. The molecule has 0 radical (unpaired) electrons. The van der Waals surface area contributed by atoms with E-state index in [9.17, 15) is 0 Å². The monoisotopic (exact) mass is 254 g/mol. The fourth-order valence-corrected chi connectivity index (χ4v) is 2.66.